The molecule has 0 aliphatic rings. The van der Waals surface area contributed by atoms with Crippen LogP contribution in [0.15, 0.2) is 45.3 Å². The molecule has 0 fully saturated rings. The van der Waals surface area contributed by atoms with Gasteiger partial charge in [0.25, 0.3) is 5.91 Å². The first kappa shape index (κ1) is 23.1. The third kappa shape index (κ3) is 5.76. The van der Waals surface area contributed by atoms with E-state index in [1.807, 2.05) is 13.8 Å². The first-order valence-electron chi connectivity index (χ1n) is 10.5. The van der Waals surface area contributed by atoms with Gasteiger partial charge in [-0.15, -0.1) is 0 Å². The zero-order valence-electron chi connectivity index (χ0n) is 18.7. The van der Waals surface area contributed by atoms with Gasteiger partial charge in [0.2, 0.25) is 0 Å². The molecule has 0 aliphatic heterocycles. The van der Waals surface area contributed by atoms with Crippen molar-refractivity contribution in [2.45, 2.75) is 40.8 Å². The maximum absolute atomic E-state index is 12.5. The number of carbonyl (C=O) groups is 2. The van der Waals surface area contributed by atoms with Crippen molar-refractivity contribution in [2.75, 3.05) is 13.1 Å². The number of benzene rings is 1. The van der Waals surface area contributed by atoms with Crippen LogP contribution in [0.25, 0.3) is 0 Å². The number of ether oxygens (including phenoxy) is 1. The van der Waals surface area contributed by atoms with Crippen LogP contribution in [-0.4, -0.2) is 35.0 Å². The van der Waals surface area contributed by atoms with E-state index in [0.717, 1.165) is 24.3 Å². The molecule has 2 N–H and O–H groups in total. The van der Waals surface area contributed by atoms with E-state index in [0.29, 0.717) is 29.4 Å². The van der Waals surface area contributed by atoms with Crippen molar-refractivity contribution >= 4 is 11.8 Å². The van der Waals surface area contributed by atoms with Gasteiger partial charge < -0.3 is 13.7 Å². The zero-order valence-corrected chi connectivity index (χ0v) is 18.7. The number of furan rings is 1. The highest BCUT2D eigenvalue weighted by Gasteiger charge is 2.15. The summed E-state index contributed by atoms with van der Waals surface area (Å²) in [6.45, 7) is 10.4. The molecule has 3 aromatic rings. The van der Waals surface area contributed by atoms with Crippen molar-refractivity contribution < 1.29 is 23.3 Å². The molecule has 0 saturated carbocycles. The number of aromatic nitrogens is 1. The van der Waals surface area contributed by atoms with Gasteiger partial charge in [-0.25, -0.2) is 0 Å². The Kier molecular flexibility index (Phi) is 7.67. The van der Waals surface area contributed by atoms with Gasteiger partial charge >= 0.3 is 5.91 Å². The number of hydrogen-bond donors (Lipinski definition) is 2. The van der Waals surface area contributed by atoms with E-state index in [1.54, 1.807) is 36.4 Å². The molecule has 9 heteroatoms. The number of hydrogen-bond acceptors (Lipinski definition) is 7. The predicted molar refractivity (Wildman–Crippen MR) is 117 cm³/mol. The zero-order chi connectivity index (χ0) is 23.1. The minimum atomic E-state index is -0.532. The molecule has 0 atom stereocenters. The Morgan fingerprint density at radius 3 is 2.50 bits per heavy atom. The van der Waals surface area contributed by atoms with Crippen LogP contribution in [0.5, 0.6) is 5.75 Å². The molecule has 2 heterocycles. The largest absolute Gasteiger partial charge is 0.489 e. The van der Waals surface area contributed by atoms with Crippen molar-refractivity contribution in [3.05, 3.63) is 70.5 Å². The number of rotatable bonds is 9. The quantitative estimate of drug-likeness (QED) is 0.491. The SMILES string of the molecule is CCN(CC)Cc1ccc(C(=O)NNC(=O)c2cccc(OCc3c(C)noc3C)c2)o1. The molecule has 0 saturated heterocycles. The molecule has 170 valence electrons. The summed E-state index contributed by atoms with van der Waals surface area (Å²) in [5.74, 6) is 1.01. The van der Waals surface area contributed by atoms with Crippen molar-refractivity contribution in [1.29, 1.82) is 0 Å². The van der Waals surface area contributed by atoms with Crippen molar-refractivity contribution in [1.82, 2.24) is 20.9 Å². The van der Waals surface area contributed by atoms with Gasteiger partial charge in [-0.05, 0) is 57.3 Å². The standard InChI is InChI=1S/C23H28N4O5/c1-5-27(6-2)13-19-10-11-21(31-19)23(29)25-24-22(28)17-8-7-9-18(12-17)30-14-20-15(3)26-32-16(20)4/h7-12H,5-6,13-14H2,1-4H3,(H,24,28)(H,25,29). The van der Waals surface area contributed by atoms with Crippen LogP contribution in [0.4, 0.5) is 0 Å². The fourth-order valence-corrected chi connectivity index (χ4v) is 3.09. The number of hydrazine groups is 1. The monoisotopic (exact) mass is 440 g/mol. The molecule has 9 nitrogen and oxygen atoms in total. The van der Waals surface area contributed by atoms with Gasteiger partial charge in [-0.1, -0.05) is 25.1 Å². The predicted octanol–water partition coefficient (Wildman–Crippen LogP) is 3.38. The summed E-state index contributed by atoms with van der Waals surface area (Å²) in [4.78, 5) is 26.9. The molecule has 0 aliphatic carbocycles. The van der Waals surface area contributed by atoms with E-state index in [2.05, 4.69) is 34.8 Å². The smallest absolute Gasteiger partial charge is 0.305 e. The normalized spacial score (nSPS) is 10.9. The summed E-state index contributed by atoms with van der Waals surface area (Å²) in [7, 11) is 0. The Bertz CT molecular complexity index is 1050. The van der Waals surface area contributed by atoms with Crippen molar-refractivity contribution in [3.63, 3.8) is 0 Å². The lowest BCUT2D eigenvalue weighted by atomic mass is 10.2. The van der Waals surface area contributed by atoms with Crippen molar-refractivity contribution in [3.8, 4) is 5.75 Å². The molecule has 2 aromatic heterocycles. The second kappa shape index (κ2) is 10.6. The van der Waals surface area contributed by atoms with E-state index < -0.39 is 11.8 Å². The molecule has 0 spiro atoms. The minimum absolute atomic E-state index is 0.129. The Morgan fingerprint density at radius 1 is 1.06 bits per heavy atom. The topological polar surface area (TPSA) is 110 Å². The van der Waals surface area contributed by atoms with E-state index in [4.69, 9.17) is 13.7 Å². The van der Waals surface area contributed by atoms with Gasteiger partial charge in [0, 0.05) is 5.56 Å². The number of nitrogens with zero attached hydrogens (tertiary/aromatic N) is 2. The molecular weight excluding hydrogens is 412 g/mol. The van der Waals surface area contributed by atoms with Gasteiger partial charge in [0.1, 0.15) is 23.9 Å². The average molecular weight is 441 g/mol. The molecule has 0 radical (unpaired) electrons. The Hall–Kier alpha value is -3.59. The third-order valence-electron chi connectivity index (χ3n) is 5.11. The highest BCUT2D eigenvalue weighted by molar-refractivity contribution is 5.98. The van der Waals surface area contributed by atoms with Crippen molar-refractivity contribution in [2.24, 2.45) is 0 Å². The Labute approximate surface area is 186 Å². The molecule has 0 unspecified atom stereocenters. The number of aryl methyl sites for hydroxylation is 2. The van der Waals surface area contributed by atoms with Crippen LogP contribution >= 0.6 is 0 Å². The fraction of sp³-hybridized carbons (Fsp3) is 0.348. The summed E-state index contributed by atoms with van der Waals surface area (Å²) in [6, 6.07) is 10.0. The minimum Gasteiger partial charge on any atom is -0.489 e. The highest BCUT2D eigenvalue weighted by atomic mass is 16.5. The summed E-state index contributed by atoms with van der Waals surface area (Å²) >= 11 is 0. The second-order valence-corrected chi connectivity index (χ2v) is 7.25. The maximum atomic E-state index is 12.5. The summed E-state index contributed by atoms with van der Waals surface area (Å²) < 4.78 is 16.5. The van der Waals surface area contributed by atoms with Crippen LogP contribution in [0.1, 0.15) is 57.5 Å². The van der Waals surface area contributed by atoms with E-state index in [-0.39, 0.29) is 12.4 Å². The fourth-order valence-electron chi connectivity index (χ4n) is 3.09. The van der Waals surface area contributed by atoms with Crippen LogP contribution in [-0.2, 0) is 13.2 Å². The molecule has 0 bridgehead atoms. The second-order valence-electron chi connectivity index (χ2n) is 7.25. The summed E-state index contributed by atoms with van der Waals surface area (Å²) in [6.07, 6.45) is 0. The van der Waals surface area contributed by atoms with Gasteiger partial charge in [-0.3, -0.25) is 25.3 Å². The summed E-state index contributed by atoms with van der Waals surface area (Å²) in [5, 5.41) is 3.89. The summed E-state index contributed by atoms with van der Waals surface area (Å²) in [5.41, 5.74) is 6.73. The first-order chi connectivity index (χ1) is 15.4. The first-order valence-corrected chi connectivity index (χ1v) is 10.5. The molecular formula is C23H28N4O5. The molecule has 32 heavy (non-hydrogen) atoms. The molecule has 3 rings (SSSR count). The highest BCUT2D eigenvalue weighted by Crippen LogP contribution is 2.18. The van der Waals surface area contributed by atoms with E-state index >= 15 is 0 Å². The molecule has 1 aromatic carbocycles. The lowest BCUT2D eigenvalue weighted by Gasteiger charge is -2.15. The third-order valence-corrected chi connectivity index (χ3v) is 5.11. The van der Waals surface area contributed by atoms with Gasteiger partial charge in [0.05, 0.1) is 17.8 Å². The lowest BCUT2D eigenvalue weighted by molar-refractivity contribution is 0.0828. The number of amides is 2. The number of carbonyl (C=O) groups excluding carboxylic acids is 2. The van der Waals surface area contributed by atoms with E-state index in [1.165, 1.54) is 0 Å². The van der Waals surface area contributed by atoms with Crippen LogP contribution in [0, 0.1) is 13.8 Å². The average Bonchev–Trinajstić information content (AvgIpc) is 3.40. The Balaban J connectivity index is 1.54. The van der Waals surface area contributed by atoms with Crippen LogP contribution < -0.4 is 15.6 Å². The maximum Gasteiger partial charge on any atom is 0.305 e. The number of nitrogens with one attached hydrogen (secondary N) is 2. The lowest BCUT2D eigenvalue weighted by Crippen LogP contribution is -2.41. The molecule has 2 amide bonds. The van der Waals surface area contributed by atoms with Gasteiger partial charge in [-0.2, -0.15) is 0 Å². The van der Waals surface area contributed by atoms with Crippen LogP contribution in [0.3, 0.4) is 0 Å². The van der Waals surface area contributed by atoms with Crippen LogP contribution in [0.2, 0.25) is 0 Å². The van der Waals surface area contributed by atoms with Gasteiger partial charge in [0.15, 0.2) is 5.76 Å². The Morgan fingerprint density at radius 2 is 1.81 bits per heavy atom. The van der Waals surface area contributed by atoms with E-state index in [9.17, 15) is 9.59 Å².